The molecule has 0 rings (SSSR count). The molecule has 4 N–H and O–H groups in total. The molecule has 0 aliphatic rings. The lowest BCUT2D eigenvalue weighted by atomic mass is 9.93. The van der Waals surface area contributed by atoms with Gasteiger partial charge in [0.05, 0.1) is 31.8 Å². The fourth-order valence-corrected chi connectivity index (χ4v) is 0.300. The molecule has 0 atom stereocenters. The quantitative estimate of drug-likeness (QED) is 0.540. The number of aliphatic hydroxyl groups is 4. The van der Waals surface area contributed by atoms with Crippen molar-refractivity contribution in [3.05, 3.63) is 0 Å². The second kappa shape index (κ2) is 12.3. The van der Waals surface area contributed by atoms with E-state index in [1.807, 2.05) is 0 Å². The van der Waals surface area contributed by atoms with Gasteiger partial charge in [-0.05, 0) is 0 Å². The highest BCUT2D eigenvalue weighted by Crippen LogP contribution is 2.11. The van der Waals surface area contributed by atoms with E-state index in [-0.39, 0.29) is 50.9 Å². The first-order valence-corrected chi connectivity index (χ1v) is 2.68. The van der Waals surface area contributed by atoms with E-state index in [0.717, 1.165) is 0 Å². The van der Waals surface area contributed by atoms with Crippen LogP contribution in [0.3, 0.4) is 0 Å². The number of rotatable bonds is 4. The lowest BCUT2D eigenvalue weighted by molar-refractivity contribution is -0.0328. The van der Waals surface area contributed by atoms with Crippen molar-refractivity contribution < 1.29 is 20.4 Å². The molecule has 12 heavy (non-hydrogen) atoms. The highest BCUT2D eigenvalue weighted by Gasteiger charge is 2.26. The Bertz CT molecular complexity index is 61.6. The smallest absolute Gasteiger partial charge is 0.0627 e. The van der Waals surface area contributed by atoms with Gasteiger partial charge in [-0.1, -0.05) is 0 Å². The molecule has 0 aromatic rings. The molecule has 0 aliphatic carbocycles. The molecule has 0 aliphatic heterocycles. The molecule has 0 unspecified atom stereocenters. The highest BCUT2D eigenvalue weighted by molar-refractivity contribution is 8.93. The van der Waals surface area contributed by atoms with Gasteiger partial charge in [0, 0.05) is 0 Å². The third-order valence-electron chi connectivity index (χ3n) is 1.34. The van der Waals surface area contributed by atoms with E-state index in [9.17, 15) is 0 Å². The average molecular weight is 379 g/mol. The third-order valence-corrected chi connectivity index (χ3v) is 1.34. The van der Waals surface area contributed by atoms with Crippen LogP contribution in [-0.2, 0) is 0 Å². The maximum atomic E-state index is 8.50. The van der Waals surface area contributed by atoms with Crippen molar-refractivity contribution in [2.24, 2.45) is 5.41 Å². The van der Waals surface area contributed by atoms with Crippen LogP contribution >= 0.6 is 50.9 Å². The first-order valence-electron chi connectivity index (χ1n) is 2.68. The van der Waals surface area contributed by atoms with Crippen LogP contribution in [-0.4, -0.2) is 46.9 Å². The van der Waals surface area contributed by atoms with Crippen LogP contribution in [0.2, 0.25) is 0 Å². The molecule has 0 fully saturated rings. The predicted molar refractivity (Wildman–Crippen MR) is 61.7 cm³/mol. The fraction of sp³-hybridized carbons (Fsp3) is 1.00. The first-order chi connectivity index (χ1) is 4.24. The van der Waals surface area contributed by atoms with Gasteiger partial charge in [-0.2, -0.15) is 0 Å². The Balaban J connectivity index is -0.000000107. The molecule has 7 heteroatoms. The minimum atomic E-state index is -1.11. The summed E-state index contributed by atoms with van der Waals surface area (Å²) in [7, 11) is 0. The van der Waals surface area contributed by atoms with Crippen LogP contribution in [0.4, 0.5) is 0 Å². The molecule has 0 saturated heterocycles. The molecule has 0 bridgehead atoms. The summed E-state index contributed by atoms with van der Waals surface area (Å²) in [6, 6.07) is 0. The van der Waals surface area contributed by atoms with Crippen LogP contribution < -0.4 is 0 Å². The van der Waals surface area contributed by atoms with Crippen molar-refractivity contribution >= 4 is 50.9 Å². The van der Waals surface area contributed by atoms with Gasteiger partial charge in [0.15, 0.2) is 0 Å². The molecule has 0 saturated carbocycles. The second-order valence-corrected chi connectivity index (χ2v) is 2.13. The second-order valence-electron chi connectivity index (χ2n) is 2.13. The Morgan fingerprint density at radius 2 is 0.750 bits per heavy atom. The number of halogens is 3. The van der Waals surface area contributed by atoms with Crippen LogP contribution in [0, 0.1) is 5.41 Å². The average Bonchev–Trinajstić information content (AvgIpc) is 1.95. The van der Waals surface area contributed by atoms with Crippen molar-refractivity contribution in [3.63, 3.8) is 0 Å². The van der Waals surface area contributed by atoms with Gasteiger partial charge in [-0.3, -0.25) is 0 Å². The molecule has 0 amide bonds. The van der Waals surface area contributed by atoms with Crippen LogP contribution in [0.15, 0.2) is 0 Å². The molecular weight excluding hydrogens is 364 g/mol. The Morgan fingerprint density at radius 1 is 0.583 bits per heavy atom. The van der Waals surface area contributed by atoms with Gasteiger partial charge in [-0.25, -0.2) is 0 Å². The van der Waals surface area contributed by atoms with Crippen LogP contribution in [0.25, 0.3) is 0 Å². The number of hydrogen-bond acceptors (Lipinski definition) is 4. The van der Waals surface area contributed by atoms with Crippen LogP contribution in [0.1, 0.15) is 0 Å². The summed E-state index contributed by atoms with van der Waals surface area (Å²) in [5, 5.41) is 34.0. The molecule has 0 aromatic heterocycles. The van der Waals surface area contributed by atoms with Gasteiger partial charge in [0.1, 0.15) is 0 Å². The van der Waals surface area contributed by atoms with Gasteiger partial charge in [0.2, 0.25) is 0 Å². The lowest BCUT2D eigenvalue weighted by Crippen LogP contribution is -2.37. The Morgan fingerprint density at radius 3 is 0.750 bits per heavy atom. The first kappa shape index (κ1) is 23.3. The zero-order valence-electron chi connectivity index (χ0n) is 6.34. The van der Waals surface area contributed by atoms with Crippen LogP contribution in [0.5, 0.6) is 0 Å². The summed E-state index contributed by atoms with van der Waals surface area (Å²) < 4.78 is 0. The molecular formula is C5H15Br3O4. The number of hydrogen-bond donors (Lipinski definition) is 4. The van der Waals surface area contributed by atoms with Gasteiger partial charge in [0.25, 0.3) is 0 Å². The van der Waals surface area contributed by atoms with Crippen molar-refractivity contribution in [3.8, 4) is 0 Å². The zero-order chi connectivity index (χ0) is 7.33. The summed E-state index contributed by atoms with van der Waals surface area (Å²) in [4.78, 5) is 0. The van der Waals surface area contributed by atoms with Crippen molar-refractivity contribution in [1.29, 1.82) is 0 Å². The minimum Gasteiger partial charge on any atom is -0.396 e. The minimum absolute atomic E-state index is 0. The maximum absolute atomic E-state index is 8.50. The van der Waals surface area contributed by atoms with E-state index < -0.39 is 31.8 Å². The lowest BCUT2D eigenvalue weighted by Gasteiger charge is -2.23. The van der Waals surface area contributed by atoms with E-state index in [0.29, 0.717) is 0 Å². The predicted octanol–water partition coefficient (Wildman–Crippen LogP) is -0.324. The van der Waals surface area contributed by atoms with E-state index in [1.54, 1.807) is 0 Å². The Hall–Kier alpha value is 1.28. The van der Waals surface area contributed by atoms with E-state index in [4.69, 9.17) is 20.4 Å². The monoisotopic (exact) mass is 376 g/mol. The summed E-state index contributed by atoms with van der Waals surface area (Å²) in [5.74, 6) is 0. The van der Waals surface area contributed by atoms with E-state index >= 15 is 0 Å². The highest BCUT2D eigenvalue weighted by atomic mass is 79.9. The topological polar surface area (TPSA) is 80.9 Å². The maximum Gasteiger partial charge on any atom is 0.0627 e. The molecule has 0 aromatic carbocycles. The molecule has 0 spiro atoms. The summed E-state index contributed by atoms with van der Waals surface area (Å²) in [5.41, 5.74) is -1.11. The molecule has 0 heterocycles. The van der Waals surface area contributed by atoms with E-state index in [2.05, 4.69) is 0 Å². The van der Waals surface area contributed by atoms with E-state index in [1.165, 1.54) is 0 Å². The number of aliphatic hydroxyl groups excluding tert-OH is 4. The normalized spacial score (nSPS) is 9.00. The van der Waals surface area contributed by atoms with Crippen molar-refractivity contribution in [2.75, 3.05) is 26.4 Å². The largest absolute Gasteiger partial charge is 0.396 e. The van der Waals surface area contributed by atoms with Gasteiger partial charge >= 0.3 is 0 Å². The summed E-state index contributed by atoms with van der Waals surface area (Å²) in [6.45, 7) is -1.62. The molecule has 0 radical (unpaired) electrons. The molecule has 4 nitrogen and oxygen atoms in total. The van der Waals surface area contributed by atoms with Crippen molar-refractivity contribution in [1.82, 2.24) is 0 Å². The Kier molecular flexibility index (Phi) is 23.8. The standard InChI is InChI=1S/C5H12O4.3BrH/c6-1-5(2-7,3-8)4-9;;;/h6-9H,1-4H2;3*1H. The third kappa shape index (κ3) is 6.76. The fourth-order valence-electron chi connectivity index (χ4n) is 0.300. The summed E-state index contributed by atoms with van der Waals surface area (Å²) in [6.07, 6.45) is 0. The summed E-state index contributed by atoms with van der Waals surface area (Å²) >= 11 is 0. The van der Waals surface area contributed by atoms with Crippen molar-refractivity contribution in [2.45, 2.75) is 0 Å². The van der Waals surface area contributed by atoms with Gasteiger partial charge in [-0.15, -0.1) is 50.9 Å². The zero-order valence-corrected chi connectivity index (χ0v) is 11.5. The van der Waals surface area contributed by atoms with Gasteiger partial charge < -0.3 is 20.4 Å². The molecule has 80 valence electrons. The SMILES string of the molecule is Br.Br.Br.OCC(CO)(CO)CO. The Labute approximate surface area is 103 Å².